The lowest BCUT2D eigenvalue weighted by atomic mass is 10.2. The van der Waals surface area contributed by atoms with Crippen molar-refractivity contribution in [3.8, 4) is 11.5 Å². The largest absolute Gasteiger partial charge is 0.493 e. The van der Waals surface area contributed by atoms with E-state index in [-0.39, 0.29) is 5.75 Å². The van der Waals surface area contributed by atoms with Crippen molar-refractivity contribution in [1.82, 2.24) is 0 Å². The molecule has 0 aliphatic heterocycles. The maximum absolute atomic E-state index is 10.9. The second kappa shape index (κ2) is 4.45. The van der Waals surface area contributed by atoms with Crippen LogP contribution in [0.5, 0.6) is 11.5 Å². The van der Waals surface area contributed by atoms with Crippen LogP contribution in [0.3, 0.4) is 0 Å². The number of ether oxygens (including phenoxy) is 2. The summed E-state index contributed by atoms with van der Waals surface area (Å²) in [6, 6.07) is 4.34. The Morgan fingerprint density at radius 2 is 1.93 bits per heavy atom. The van der Waals surface area contributed by atoms with E-state index in [1.54, 1.807) is 0 Å². The molecule has 1 aromatic rings. The fourth-order valence-corrected chi connectivity index (χ4v) is 1.06. The topological polar surface area (TPSA) is 78.6 Å². The number of esters is 1. The lowest BCUT2D eigenvalue weighted by Crippen LogP contribution is -2.11. The summed E-state index contributed by atoms with van der Waals surface area (Å²) in [4.78, 5) is 21.6. The Bertz CT molecular complexity index is 400. The van der Waals surface area contributed by atoms with Crippen LogP contribution in [0.15, 0.2) is 18.2 Å². The zero-order valence-corrected chi connectivity index (χ0v) is 8.44. The van der Waals surface area contributed by atoms with Crippen LogP contribution in [-0.2, 0) is 4.79 Å². The fourth-order valence-electron chi connectivity index (χ4n) is 1.06. The molecular weight excluding hydrogens is 198 g/mol. The molecule has 0 radical (unpaired) electrons. The van der Waals surface area contributed by atoms with Gasteiger partial charge in [-0.15, -0.1) is 0 Å². The zero-order chi connectivity index (χ0) is 11.4. The lowest BCUT2D eigenvalue weighted by molar-refractivity contribution is -0.132. The third-order valence-corrected chi connectivity index (χ3v) is 1.70. The van der Waals surface area contributed by atoms with Crippen LogP contribution in [0.25, 0.3) is 0 Å². The van der Waals surface area contributed by atoms with Crippen molar-refractivity contribution in [3.05, 3.63) is 23.8 Å². The van der Waals surface area contributed by atoms with Gasteiger partial charge in [-0.1, -0.05) is 0 Å². The van der Waals surface area contributed by atoms with Crippen molar-refractivity contribution >= 4 is 11.9 Å². The van der Waals surface area contributed by atoms with Crippen molar-refractivity contribution in [2.45, 2.75) is 6.92 Å². The molecule has 0 aliphatic rings. The van der Waals surface area contributed by atoms with E-state index in [9.17, 15) is 9.59 Å². The number of nitrogens with two attached hydrogens (primary N) is 1. The lowest BCUT2D eigenvalue weighted by Gasteiger charge is -2.08. The molecule has 15 heavy (non-hydrogen) atoms. The predicted octanol–water partition coefficient (Wildman–Crippen LogP) is 0.719. The first-order valence-corrected chi connectivity index (χ1v) is 4.21. The molecule has 0 aliphatic carbocycles. The molecule has 0 heterocycles. The van der Waals surface area contributed by atoms with Gasteiger partial charge in [0, 0.05) is 12.5 Å². The van der Waals surface area contributed by atoms with E-state index in [4.69, 9.17) is 15.2 Å². The van der Waals surface area contributed by atoms with Gasteiger partial charge >= 0.3 is 5.97 Å². The highest BCUT2D eigenvalue weighted by Gasteiger charge is 2.10. The Labute approximate surface area is 86.8 Å². The minimum atomic E-state index is -0.567. The number of hydrogen-bond donors (Lipinski definition) is 1. The van der Waals surface area contributed by atoms with Gasteiger partial charge in [-0.05, 0) is 18.2 Å². The van der Waals surface area contributed by atoms with Crippen molar-refractivity contribution in [2.75, 3.05) is 7.11 Å². The molecular formula is C10H11NO4. The van der Waals surface area contributed by atoms with Crippen LogP contribution in [0.4, 0.5) is 0 Å². The summed E-state index contributed by atoms with van der Waals surface area (Å²) in [5, 5.41) is 0. The Balaban J connectivity index is 3.08. The van der Waals surface area contributed by atoms with Crippen LogP contribution >= 0.6 is 0 Å². The average Bonchev–Trinajstić information content (AvgIpc) is 2.17. The predicted molar refractivity (Wildman–Crippen MR) is 52.8 cm³/mol. The van der Waals surface area contributed by atoms with Crippen LogP contribution in [-0.4, -0.2) is 19.0 Å². The standard InChI is InChI=1S/C10H11NO4/c1-6(12)15-8-4-3-7(10(11)13)5-9(8)14-2/h3-5H,1-2H3,(H2,11,13). The van der Waals surface area contributed by atoms with E-state index in [0.29, 0.717) is 11.3 Å². The summed E-state index contributed by atoms with van der Waals surface area (Å²) >= 11 is 0. The van der Waals surface area contributed by atoms with Gasteiger partial charge in [0.1, 0.15) is 0 Å². The number of carbonyl (C=O) groups excluding carboxylic acids is 2. The molecule has 0 bridgehead atoms. The number of primary amides is 1. The van der Waals surface area contributed by atoms with Gasteiger partial charge in [0.15, 0.2) is 11.5 Å². The number of carbonyl (C=O) groups is 2. The molecule has 0 aromatic heterocycles. The fraction of sp³-hybridized carbons (Fsp3) is 0.200. The van der Waals surface area contributed by atoms with Gasteiger partial charge in [0.25, 0.3) is 0 Å². The SMILES string of the molecule is COc1cc(C(N)=O)ccc1OC(C)=O. The van der Waals surface area contributed by atoms with Crippen molar-refractivity contribution in [1.29, 1.82) is 0 Å². The molecule has 5 nitrogen and oxygen atoms in total. The molecule has 0 saturated carbocycles. The highest BCUT2D eigenvalue weighted by Crippen LogP contribution is 2.27. The Kier molecular flexibility index (Phi) is 3.28. The molecule has 1 rings (SSSR count). The summed E-state index contributed by atoms with van der Waals surface area (Å²) in [7, 11) is 1.41. The number of benzene rings is 1. The Morgan fingerprint density at radius 1 is 1.27 bits per heavy atom. The summed E-state index contributed by atoms with van der Waals surface area (Å²) in [5.74, 6) is -0.473. The molecule has 0 atom stereocenters. The molecule has 1 amide bonds. The first kappa shape index (κ1) is 11.0. The highest BCUT2D eigenvalue weighted by atomic mass is 16.6. The van der Waals surface area contributed by atoms with Gasteiger partial charge in [0.2, 0.25) is 5.91 Å². The molecule has 0 saturated heterocycles. The van der Waals surface area contributed by atoms with Crippen molar-refractivity contribution in [3.63, 3.8) is 0 Å². The minimum absolute atomic E-state index is 0.259. The van der Waals surface area contributed by atoms with E-state index in [2.05, 4.69) is 0 Å². The van der Waals surface area contributed by atoms with E-state index < -0.39 is 11.9 Å². The smallest absolute Gasteiger partial charge is 0.308 e. The summed E-state index contributed by atoms with van der Waals surface area (Å²) < 4.78 is 9.81. The number of amides is 1. The minimum Gasteiger partial charge on any atom is -0.493 e. The highest BCUT2D eigenvalue weighted by molar-refractivity contribution is 5.93. The third kappa shape index (κ3) is 2.70. The second-order valence-corrected chi connectivity index (χ2v) is 2.82. The molecule has 1 aromatic carbocycles. The maximum Gasteiger partial charge on any atom is 0.308 e. The van der Waals surface area contributed by atoms with Gasteiger partial charge in [-0.25, -0.2) is 0 Å². The van der Waals surface area contributed by atoms with E-state index in [1.165, 1.54) is 32.2 Å². The van der Waals surface area contributed by atoms with Crippen LogP contribution in [0, 0.1) is 0 Å². The second-order valence-electron chi connectivity index (χ2n) is 2.82. The van der Waals surface area contributed by atoms with Gasteiger partial charge < -0.3 is 15.2 Å². The van der Waals surface area contributed by atoms with Gasteiger partial charge in [-0.3, -0.25) is 9.59 Å². The Hall–Kier alpha value is -2.04. The summed E-state index contributed by atoms with van der Waals surface area (Å²) in [5.41, 5.74) is 5.38. The van der Waals surface area contributed by atoms with E-state index in [1.807, 2.05) is 0 Å². The molecule has 2 N–H and O–H groups in total. The number of methoxy groups -OCH3 is 1. The molecule has 0 fully saturated rings. The molecule has 80 valence electrons. The van der Waals surface area contributed by atoms with Gasteiger partial charge in [0.05, 0.1) is 7.11 Å². The van der Waals surface area contributed by atoms with Crippen molar-refractivity contribution < 1.29 is 19.1 Å². The van der Waals surface area contributed by atoms with Crippen LogP contribution in [0.1, 0.15) is 17.3 Å². The van der Waals surface area contributed by atoms with E-state index in [0.717, 1.165) is 0 Å². The summed E-state index contributed by atoms with van der Waals surface area (Å²) in [6.07, 6.45) is 0. The first-order chi connectivity index (χ1) is 7.04. The molecule has 0 unspecified atom stereocenters. The monoisotopic (exact) mass is 209 g/mol. The Morgan fingerprint density at radius 3 is 2.40 bits per heavy atom. The van der Waals surface area contributed by atoms with Crippen LogP contribution < -0.4 is 15.2 Å². The zero-order valence-electron chi connectivity index (χ0n) is 8.44. The van der Waals surface area contributed by atoms with Crippen molar-refractivity contribution in [2.24, 2.45) is 5.73 Å². The summed E-state index contributed by atoms with van der Waals surface area (Å²) in [6.45, 7) is 1.28. The van der Waals surface area contributed by atoms with Gasteiger partial charge in [-0.2, -0.15) is 0 Å². The number of hydrogen-bond acceptors (Lipinski definition) is 4. The van der Waals surface area contributed by atoms with E-state index >= 15 is 0 Å². The first-order valence-electron chi connectivity index (χ1n) is 4.21. The third-order valence-electron chi connectivity index (χ3n) is 1.70. The molecule has 0 spiro atoms. The maximum atomic E-state index is 10.9. The number of rotatable bonds is 3. The quantitative estimate of drug-likeness (QED) is 0.587. The molecule has 5 heteroatoms. The normalized spacial score (nSPS) is 9.47. The van der Waals surface area contributed by atoms with Crippen LogP contribution in [0.2, 0.25) is 0 Å². The average molecular weight is 209 g/mol.